The third-order valence-electron chi connectivity index (χ3n) is 16.1. The predicted octanol–water partition coefficient (Wildman–Crippen LogP) is -0.613. The molecule has 13 atom stereocenters. The maximum atomic E-state index is 14.8. The standard InChI is InChI=1S/C60H102N12O16/c1-13-24-38(74)26-22-20-18-16-15-17-19-21-25-34(7)47-50(77)58(85)67-46(33(5)6)55(82)64-39(14-2)52(79)69-48(36(9)73)57(84)66-45(32(3)4)56(83)65-40(28-29-43(61)75)53(80)63-35(8)51(78)70-49(37(10)88-12)60(87)71(11)42(31-44(62)76)59(86)72-30-23-27-41(72)54(81)68-47/h14,32-37,40-42,45-50,73,77H,13,15-31H2,1-12H3,(H2,61,75)(H2,62,76)(H,63,80)(H,64,82)(H,65,83)(H,66,84)(H,67,85)(H,68,81)(H,69,79)(H,70,78)/b39-14+/t34-,35+,36+,37+,40-,41-,42-,45-,46-,47+,48-,49-,50+/m0/s1. The summed E-state index contributed by atoms with van der Waals surface area (Å²) < 4.78 is 5.46. The summed E-state index contributed by atoms with van der Waals surface area (Å²) in [6.07, 6.45) is 4.57. The molecule has 88 heavy (non-hydrogen) atoms. The molecule has 0 spiro atoms. The molecule has 28 heteroatoms. The average Bonchev–Trinajstić information content (AvgIpc) is 1.74. The van der Waals surface area contributed by atoms with Gasteiger partial charge >= 0.3 is 0 Å². The van der Waals surface area contributed by atoms with E-state index < -0.39 is 186 Å². The summed E-state index contributed by atoms with van der Waals surface area (Å²) in [5.74, 6) is -13.4. The van der Waals surface area contributed by atoms with Gasteiger partial charge in [0.1, 0.15) is 59.8 Å². The van der Waals surface area contributed by atoms with Gasteiger partial charge in [-0.3, -0.25) is 62.3 Å². The van der Waals surface area contributed by atoms with E-state index in [0.717, 1.165) is 61.2 Å². The smallest absolute Gasteiger partial charge is 0.268 e. The number of likely N-dealkylation sites (N-methyl/N-ethyl adjacent to an activating group) is 1. The number of allylic oxidation sites excluding steroid dienone is 1. The molecule has 0 bridgehead atoms. The van der Waals surface area contributed by atoms with Crippen LogP contribution in [0.3, 0.4) is 0 Å². The summed E-state index contributed by atoms with van der Waals surface area (Å²) in [7, 11) is 2.42. The molecular weight excluding hydrogens is 1140 g/mol. The van der Waals surface area contributed by atoms with Crippen LogP contribution in [-0.4, -0.2) is 190 Å². The number of aliphatic hydroxyl groups is 2. The first-order chi connectivity index (χ1) is 41.3. The first-order valence-electron chi connectivity index (χ1n) is 31.0. The second-order valence-electron chi connectivity index (χ2n) is 24.0. The Morgan fingerprint density at radius 2 is 1.20 bits per heavy atom. The van der Waals surface area contributed by atoms with Crippen molar-refractivity contribution in [1.82, 2.24) is 52.3 Å². The van der Waals surface area contributed by atoms with Gasteiger partial charge in [-0.2, -0.15) is 0 Å². The van der Waals surface area contributed by atoms with E-state index in [1.165, 1.54) is 61.8 Å². The third-order valence-corrected chi connectivity index (χ3v) is 16.1. The van der Waals surface area contributed by atoms with E-state index in [9.17, 15) is 72.5 Å². The summed E-state index contributed by atoms with van der Waals surface area (Å²) in [5, 5.41) is 42.9. The van der Waals surface area contributed by atoms with Crippen LogP contribution in [0.25, 0.3) is 0 Å². The van der Waals surface area contributed by atoms with E-state index in [-0.39, 0.29) is 25.2 Å². The lowest BCUT2D eigenvalue weighted by Crippen LogP contribution is -2.62. The second-order valence-corrected chi connectivity index (χ2v) is 24.0. The molecule has 28 nitrogen and oxygen atoms in total. The predicted molar refractivity (Wildman–Crippen MR) is 324 cm³/mol. The van der Waals surface area contributed by atoms with E-state index in [2.05, 4.69) is 42.5 Å². The van der Waals surface area contributed by atoms with Gasteiger partial charge in [-0.25, -0.2) is 0 Å². The molecule has 498 valence electrons. The molecule has 2 fully saturated rings. The lowest BCUT2D eigenvalue weighted by atomic mass is 9.90. The molecule has 2 heterocycles. The van der Waals surface area contributed by atoms with E-state index in [4.69, 9.17) is 16.2 Å². The third kappa shape index (κ3) is 24.5. The monoisotopic (exact) mass is 1250 g/mol. The van der Waals surface area contributed by atoms with Crippen molar-refractivity contribution < 1.29 is 77.3 Å². The van der Waals surface area contributed by atoms with Crippen molar-refractivity contribution in [1.29, 1.82) is 0 Å². The molecule has 0 aromatic rings. The van der Waals surface area contributed by atoms with Gasteiger partial charge in [0.25, 0.3) is 11.8 Å². The normalized spacial score (nSPS) is 26.5. The maximum Gasteiger partial charge on any atom is 0.268 e. The maximum absolute atomic E-state index is 14.8. The Hall–Kier alpha value is -7.07. The molecule has 2 aliphatic rings. The summed E-state index contributed by atoms with van der Waals surface area (Å²) in [5.41, 5.74) is 10.7. The van der Waals surface area contributed by atoms with Gasteiger partial charge in [0.15, 0.2) is 6.10 Å². The molecule has 0 aliphatic carbocycles. The summed E-state index contributed by atoms with van der Waals surface area (Å²) in [4.78, 5) is 181. The highest BCUT2D eigenvalue weighted by Gasteiger charge is 2.45. The number of nitrogens with one attached hydrogen (secondary N) is 8. The van der Waals surface area contributed by atoms with Crippen LogP contribution in [0.2, 0.25) is 0 Å². The number of primary amides is 2. The fraction of sp³-hybridized carbons (Fsp3) is 0.750. The van der Waals surface area contributed by atoms with Gasteiger partial charge < -0.3 is 78.8 Å². The molecule has 14 N–H and O–H groups in total. The Balaban J connectivity index is 2.76. The Kier molecular flexibility index (Phi) is 33.6. The molecule has 0 radical (unpaired) electrons. The van der Waals surface area contributed by atoms with Gasteiger partial charge in [0.2, 0.25) is 59.1 Å². The van der Waals surface area contributed by atoms with Crippen molar-refractivity contribution in [3.63, 3.8) is 0 Å². The van der Waals surface area contributed by atoms with E-state index in [0.29, 0.717) is 25.7 Å². The summed E-state index contributed by atoms with van der Waals surface area (Å²) >= 11 is 0. The number of methoxy groups -OCH3 is 1. The number of amides is 12. The Morgan fingerprint density at radius 1 is 0.648 bits per heavy atom. The van der Waals surface area contributed by atoms with Crippen molar-refractivity contribution in [2.75, 3.05) is 20.7 Å². The van der Waals surface area contributed by atoms with Crippen molar-refractivity contribution in [2.24, 2.45) is 29.2 Å². The highest BCUT2D eigenvalue weighted by atomic mass is 16.5. The van der Waals surface area contributed by atoms with Crippen molar-refractivity contribution in [2.45, 2.75) is 251 Å². The number of aliphatic hydroxyl groups excluding tert-OH is 2. The number of hydrogen-bond acceptors (Lipinski definition) is 16. The fourth-order valence-electron chi connectivity index (χ4n) is 10.5. The summed E-state index contributed by atoms with van der Waals surface area (Å²) in [6.45, 7) is 15.1. The average molecular weight is 1250 g/mol. The molecule has 0 aromatic carbocycles. The van der Waals surface area contributed by atoms with Crippen LogP contribution in [0, 0.1) is 17.8 Å². The molecule has 2 rings (SSSR count). The zero-order valence-corrected chi connectivity index (χ0v) is 53.6. The van der Waals surface area contributed by atoms with Crippen LogP contribution in [0.4, 0.5) is 0 Å². The minimum absolute atomic E-state index is 0.0385. The van der Waals surface area contributed by atoms with Gasteiger partial charge in [-0.1, -0.05) is 92.6 Å². The van der Waals surface area contributed by atoms with Crippen LogP contribution in [0.1, 0.15) is 178 Å². The van der Waals surface area contributed by atoms with Gasteiger partial charge in [0.05, 0.1) is 24.7 Å². The van der Waals surface area contributed by atoms with E-state index in [1.807, 2.05) is 6.92 Å². The van der Waals surface area contributed by atoms with E-state index >= 15 is 0 Å². The fourth-order valence-corrected chi connectivity index (χ4v) is 10.5. The van der Waals surface area contributed by atoms with Crippen LogP contribution >= 0.6 is 0 Å². The molecular formula is C60H102N12O16. The molecule has 2 aliphatic heterocycles. The number of ketones is 1. The topological polar surface area (TPSA) is 426 Å². The number of fused-ring (bicyclic) bond motifs is 1. The van der Waals surface area contributed by atoms with E-state index in [1.54, 1.807) is 20.8 Å². The van der Waals surface area contributed by atoms with Gasteiger partial charge in [-0.05, 0) is 84.0 Å². The lowest BCUT2D eigenvalue weighted by Gasteiger charge is -2.36. The number of nitrogens with two attached hydrogens (primary N) is 2. The highest BCUT2D eigenvalue weighted by molar-refractivity contribution is 6.03. The van der Waals surface area contributed by atoms with Crippen molar-refractivity contribution in [3.05, 3.63) is 11.8 Å². The van der Waals surface area contributed by atoms with Crippen LogP contribution < -0.4 is 54.0 Å². The van der Waals surface area contributed by atoms with Crippen LogP contribution in [0.5, 0.6) is 0 Å². The first kappa shape index (κ1) is 77.0. The number of nitrogens with zero attached hydrogens (tertiary/aromatic N) is 2. The SMILES string of the molecule is C/C=C1/NC(=O)[C@H](C(C)C)NC(=O)[C@H](O)[C@@H]([C@@H](C)CCCCCCCCCCC(=O)CCC)NC(=O)[C@@H]2CCCN2C(=O)[C@H](CC(N)=O)N(C)C(=O)[C@H]([C@@H](C)OC)NC(=O)[C@@H](C)NC(=O)[C@H](CCC(N)=O)NC(=O)[C@H](C(C)C)NC(=O)[C@H]([C@@H](C)O)NC1=O. The van der Waals surface area contributed by atoms with Crippen molar-refractivity contribution >= 4 is 76.7 Å². The zero-order chi connectivity index (χ0) is 66.7. The number of unbranched alkanes of at least 4 members (excludes halogenated alkanes) is 7. The Morgan fingerprint density at radius 3 is 1.75 bits per heavy atom. The quantitative estimate of drug-likeness (QED) is 0.0424. The van der Waals surface area contributed by atoms with Crippen molar-refractivity contribution in [3.8, 4) is 0 Å². The minimum atomic E-state index is -2.02. The molecule has 0 unspecified atom stereocenters. The second kappa shape index (κ2) is 38.4. The Bertz CT molecular complexity index is 2460. The lowest BCUT2D eigenvalue weighted by molar-refractivity contribution is -0.151. The van der Waals surface area contributed by atoms with Crippen LogP contribution in [0.15, 0.2) is 11.8 Å². The minimum Gasteiger partial charge on any atom is -0.391 e. The largest absolute Gasteiger partial charge is 0.391 e. The number of ether oxygens (including phenoxy) is 1. The highest BCUT2D eigenvalue weighted by Crippen LogP contribution is 2.25. The molecule has 0 aromatic heterocycles. The van der Waals surface area contributed by atoms with Crippen LogP contribution in [-0.2, 0) is 67.1 Å². The van der Waals surface area contributed by atoms with Gasteiger partial charge in [-0.15, -0.1) is 0 Å². The summed E-state index contributed by atoms with van der Waals surface area (Å²) in [6, 6.07) is -13.6. The first-order valence-corrected chi connectivity index (χ1v) is 31.0. The number of Topliss-reactive ketones (excluding diaryl/α,β-unsaturated/α-hetero) is 1. The number of rotatable bonds is 24. The molecule has 0 saturated carbocycles. The number of carbonyl (C=O) groups excluding carboxylic acids is 13. The molecule has 2 saturated heterocycles. The zero-order valence-electron chi connectivity index (χ0n) is 53.6. The Labute approximate surface area is 517 Å². The number of carbonyl (C=O) groups is 13. The molecule has 12 amide bonds. The van der Waals surface area contributed by atoms with Gasteiger partial charge in [0, 0.05) is 40.0 Å². The number of hydrogen-bond donors (Lipinski definition) is 12.